The van der Waals surface area contributed by atoms with E-state index in [-0.39, 0.29) is 19.0 Å². The van der Waals surface area contributed by atoms with Gasteiger partial charge in [-0.1, -0.05) is 34.1 Å². The summed E-state index contributed by atoms with van der Waals surface area (Å²) in [4.78, 5) is 13.0. The Bertz CT molecular complexity index is 950. The van der Waals surface area contributed by atoms with Crippen LogP contribution in [-0.4, -0.2) is 34.8 Å². The van der Waals surface area contributed by atoms with Crippen LogP contribution in [0.4, 0.5) is 0 Å². The summed E-state index contributed by atoms with van der Waals surface area (Å²) in [5.41, 5.74) is 1.47. The molecule has 1 unspecified atom stereocenters. The second-order valence-electron chi connectivity index (χ2n) is 5.85. The smallest absolute Gasteiger partial charge is 0.209 e. The van der Waals surface area contributed by atoms with Gasteiger partial charge in [-0.05, 0) is 24.3 Å². The van der Waals surface area contributed by atoms with E-state index >= 15 is 0 Å². The quantitative estimate of drug-likeness (QED) is 0.680. The molecular weight excluding hydrogens is 386 g/mol. The number of carbonyl (C=O) groups is 1. The van der Waals surface area contributed by atoms with E-state index in [0.717, 1.165) is 15.4 Å². The van der Waals surface area contributed by atoms with Gasteiger partial charge in [-0.2, -0.15) is 0 Å². The average Bonchev–Trinajstić information content (AvgIpc) is 2.99. The van der Waals surface area contributed by atoms with Crippen molar-refractivity contribution in [3.05, 3.63) is 58.7 Å². The molecule has 1 aromatic heterocycles. The van der Waals surface area contributed by atoms with Crippen molar-refractivity contribution in [2.24, 2.45) is 0 Å². The summed E-state index contributed by atoms with van der Waals surface area (Å²) in [5, 5.41) is 10.1. The molecule has 0 fully saturated rings. The van der Waals surface area contributed by atoms with Gasteiger partial charge in [0.2, 0.25) is 5.78 Å². The molecule has 1 N–H and O–H groups in total. The monoisotopic (exact) mass is 401 g/mol. The van der Waals surface area contributed by atoms with Gasteiger partial charge >= 0.3 is 0 Å². The van der Waals surface area contributed by atoms with Crippen molar-refractivity contribution in [1.29, 1.82) is 0 Å². The molecule has 1 atom stereocenters. The Morgan fingerprint density at radius 2 is 2.04 bits per heavy atom. The fraction of sp³-hybridized carbons (Fsp3) is 0.211. The van der Waals surface area contributed by atoms with E-state index in [2.05, 4.69) is 15.9 Å². The Morgan fingerprint density at radius 1 is 1.24 bits per heavy atom. The third-order valence-electron chi connectivity index (χ3n) is 4.25. The largest absolute Gasteiger partial charge is 0.485 e. The number of Topliss-reactive ketones (excluding diaryl/α,β-unsaturated/α-hetero) is 1. The Labute approximate surface area is 152 Å². The molecule has 5 nitrogen and oxygen atoms in total. The number of para-hydroxylation sites is 2. The lowest BCUT2D eigenvalue weighted by Gasteiger charge is -2.25. The minimum atomic E-state index is -0.688. The van der Waals surface area contributed by atoms with Gasteiger partial charge in [-0.15, -0.1) is 0 Å². The number of ether oxygens (including phenoxy) is 2. The Kier molecular flexibility index (Phi) is 4.23. The highest BCUT2D eigenvalue weighted by Crippen LogP contribution is 2.33. The van der Waals surface area contributed by atoms with Crippen molar-refractivity contribution in [2.75, 3.05) is 13.2 Å². The molecule has 3 aromatic rings. The molecule has 1 aliphatic rings. The fourth-order valence-electron chi connectivity index (χ4n) is 3.08. The van der Waals surface area contributed by atoms with Gasteiger partial charge in [-0.25, -0.2) is 0 Å². The summed E-state index contributed by atoms with van der Waals surface area (Å²) >= 11 is 3.45. The van der Waals surface area contributed by atoms with Crippen molar-refractivity contribution in [1.82, 2.24) is 4.57 Å². The first-order valence-corrected chi connectivity index (χ1v) is 8.78. The van der Waals surface area contributed by atoms with Gasteiger partial charge in [0.15, 0.2) is 17.6 Å². The van der Waals surface area contributed by atoms with Crippen LogP contribution in [-0.2, 0) is 6.54 Å². The molecule has 2 heterocycles. The molecule has 25 heavy (non-hydrogen) atoms. The van der Waals surface area contributed by atoms with Crippen LogP contribution in [0, 0.1) is 0 Å². The van der Waals surface area contributed by atoms with Gasteiger partial charge in [0.1, 0.15) is 6.61 Å². The third kappa shape index (κ3) is 2.92. The minimum Gasteiger partial charge on any atom is -0.485 e. The Morgan fingerprint density at radius 3 is 2.84 bits per heavy atom. The molecule has 0 amide bonds. The molecule has 1 aliphatic heterocycles. The predicted octanol–water partition coefficient (Wildman–Crippen LogP) is 3.42. The lowest BCUT2D eigenvalue weighted by molar-refractivity contribution is 0.0587. The molecule has 6 heteroatoms. The number of nitrogens with zero attached hydrogens (tertiary/aromatic N) is 1. The van der Waals surface area contributed by atoms with Crippen LogP contribution in [0.2, 0.25) is 0 Å². The van der Waals surface area contributed by atoms with Crippen molar-refractivity contribution >= 4 is 32.6 Å². The standard InChI is InChI=1S/C19H16BrNO4/c20-12-5-6-13-14(10-21(7-8-22)15(13)9-12)19(23)18-11-24-16-3-1-2-4-17(16)25-18/h1-6,9-10,18,22H,7-8,11H2. The Hall–Kier alpha value is -2.31. The van der Waals surface area contributed by atoms with E-state index in [0.29, 0.717) is 23.6 Å². The van der Waals surface area contributed by atoms with Crippen LogP contribution in [0.5, 0.6) is 11.5 Å². The fourth-order valence-corrected chi connectivity index (χ4v) is 3.43. The topological polar surface area (TPSA) is 60.7 Å². The molecule has 0 spiro atoms. The lowest BCUT2D eigenvalue weighted by Crippen LogP contribution is -2.36. The normalized spacial score (nSPS) is 16.2. The predicted molar refractivity (Wildman–Crippen MR) is 97.4 cm³/mol. The van der Waals surface area contributed by atoms with Crippen LogP contribution in [0.3, 0.4) is 0 Å². The number of benzene rings is 2. The molecule has 0 aliphatic carbocycles. The summed E-state index contributed by atoms with van der Waals surface area (Å²) < 4.78 is 14.3. The number of ketones is 1. The molecular formula is C19H16BrNO4. The number of aliphatic hydroxyl groups is 1. The zero-order valence-corrected chi connectivity index (χ0v) is 14.9. The van der Waals surface area contributed by atoms with Crippen LogP contribution < -0.4 is 9.47 Å². The molecule has 0 saturated heterocycles. The highest BCUT2D eigenvalue weighted by molar-refractivity contribution is 9.10. The highest BCUT2D eigenvalue weighted by atomic mass is 79.9. The molecule has 4 rings (SSSR count). The first-order chi connectivity index (χ1) is 12.2. The molecule has 128 valence electrons. The second kappa shape index (κ2) is 6.54. The minimum absolute atomic E-state index is 0.000336. The zero-order chi connectivity index (χ0) is 17.4. The van der Waals surface area contributed by atoms with E-state index in [1.54, 1.807) is 12.3 Å². The van der Waals surface area contributed by atoms with Crippen molar-refractivity contribution in [2.45, 2.75) is 12.6 Å². The molecule has 2 aromatic carbocycles. The van der Waals surface area contributed by atoms with E-state index in [1.165, 1.54) is 0 Å². The van der Waals surface area contributed by atoms with Crippen molar-refractivity contribution in [3.63, 3.8) is 0 Å². The van der Waals surface area contributed by atoms with Gasteiger partial charge in [0, 0.05) is 33.7 Å². The maximum atomic E-state index is 13.0. The average molecular weight is 402 g/mol. The maximum absolute atomic E-state index is 13.0. The van der Waals surface area contributed by atoms with Crippen LogP contribution >= 0.6 is 15.9 Å². The summed E-state index contributed by atoms with van der Waals surface area (Å²) in [6.45, 7) is 0.602. The van der Waals surface area contributed by atoms with Gasteiger partial charge < -0.3 is 19.1 Å². The number of aromatic nitrogens is 1. The summed E-state index contributed by atoms with van der Waals surface area (Å²) in [6, 6.07) is 13.1. The summed E-state index contributed by atoms with van der Waals surface area (Å²) in [5.74, 6) is 1.10. The number of fused-ring (bicyclic) bond motifs is 2. The highest BCUT2D eigenvalue weighted by Gasteiger charge is 2.30. The molecule has 0 bridgehead atoms. The van der Waals surface area contributed by atoms with Crippen molar-refractivity contribution < 1.29 is 19.4 Å². The first kappa shape index (κ1) is 16.2. The zero-order valence-electron chi connectivity index (χ0n) is 13.3. The molecule has 0 radical (unpaired) electrons. The molecule has 0 saturated carbocycles. The SMILES string of the molecule is O=C(c1cn(CCO)c2cc(Br)ccc12)C1COc2ccccc2O1. The number of halogens is 1. The van der Waals surface area contributed by atoms with Gasteiger partial charge in [0.25, 0.3) is 0 Å². The van der Waals surface area contributed by atoms with E-state index in [1.807, 2.05) is 41.0 Å². The number of aliphatic hydroxyl groups excluding tert-OH is 1. The van der Waals surface area contributed by atoms with Gasteiger partial charge in [0.05, 0.1) is 6.61 Å². The summed E-state index contributed by atoms with van der Waals surface area (Å²) in [6.07, 6.45) is 1.09. The van der Waals surface area contributed by atoms with Crippen LogP contribution in [0.25, 0.3) is 10.9 Å². The first-order valence-electron chi connectivity index (χ1n) is 7.99. The van der Waals surface area contributed by atoms with Crippen LogP contribution in [0.1, 0.15) is 10.4 Å². The van der Waals surface area contributed by atoms with Crippen LogP contribution in [0.15, 0.2) is 53.1 Å². The summed E-state index contributed by atoms with van der Waals surface area (Å²) in [7, 11) is 0. The van der Waals surface area contributed by atoms with Crippen molar-refractivity contribution in [3.8, 4) is 11.5 Å². The number of hydrogen-bond acceptors (Lipinski definition) is 4. The van der Waals surface area contributed by atoms with Gasteiger partial charge in [-0.3, -0.25) is 4.79 Å². The van der Waals surface area contributed by atoms with E-state index < -0.39 is 6.10 Å². The Balaban J connectivity index is 1.71. The number of carbonyl (C=O) groups excluding carboxylic acids is 1. The van der Waals surface area contributed by atoms with E-state index in [9.17, 15) is 9.90 Å². The lowest BCUT2D eigenvalue weighted by atomic mass is 10.0. The van der Waals surface area contributed by atoms with E-state index in [4.69, 9.17) is 9.47 Å². The second-order valence-corrected chi connectivity index (χ2v) is 6.77. The third-order valence-corrected chi connectivity index (χ3v) is 4.74. The number of hydrogen-bond donors (Lipinski definition) is 1. The number of rotatable bonds is 4. The maximum Gasteiger partial charge on any atom is 0.209 e.